The van der Waals surface area contributed by atoms with E-state index in [1.807, 2.05) is 0 Å². The summed E-state index contributed by atoms with van der Waals surface area (Å²) in [4.78, 5) is 7.93. The molecule has 0 aromatic carbocycles. The highest BCUT2D eigenvalue weighted by molar-refractivity contribution is 4.90. The largest absolute Gasteiger partial charge is 0.396 e. The van der Waals surface area contributed by atoms with Crippen molar-refractivity contribution in [2.75, 3.05) is 45.9 Å². The molecule has 4 nitrogen and oxygen atoms in total. The SMILES string of the molecule is CC(C)CN1CCN(C2CCN(C(C)C)CC2)[C@@H](CCO)C1. The zero-order valence-corrected chi connectivity index (χ0v) is 15.2. The highest BCUT2D eigenvalue weighted by atomic mass is 16.3. The summed E-state index contributed by atoms with van der Waals surface area (Å²) in [6, 6.07) is 1.96. The molecular weight excluding hydrogens is 274 g/mol. The molecule has 2 saturated heterocycles. The monoisotopic (exact) mass is 311 g/mol. The lowest BCUT2D eigenvalue weighted by molar-refractivity contribution is -0.000525. The van der Waals surface area contributed by atoms with Crippen molar-refractivity contribution >= 4 is 0 Å². The molecule has 1 N–H and O–H groups in total. The Hall–Kier alpha value is -0.160. The molecule has 0 radical (unpaired) electrons. The van der Waals surface area contributed by atoms with Gasteiger partial charge in [-0.3, -0.25) is 4.90 Å². The number of hydrogen-bond donors (Lipinski definition) is 1. The minimum Gasteiger partial charge on any atom is -0.396 e. The minimum atomic E-state index is 0.321. The van der Waals surface area contributed by atoms with Gasteiger partial charge in [-0.15, -0.1) is 0 Å². The van der Waals surface area contributed by atoms with Crippen LogP contribution in [0.4, 0.5) is 0 Å². The fourth-order valence-corrected chi connectivity index (χ4v) is 4.24. The lowest BCUT2D eigenvalue weighted by Gasteiger charge is -2.48. The van der Waals surface area contributed by atoms with Crippen molar-refractivity contribution in [3.8, 4) is 0 Å². The maximum absolute atomic E-state index is 9.46. The van der Waals surface area contributed by atoms with Crippen molar-refractivity contribution in [3.05, 3.63) is 0 Å². The van der Waals surface area contributed by atoms with Crippen molar-refractivity contribution in [3.63, 3.8) is 0 Å². The summed E-state index contributed by atoms with van der Waals surface area (Å²) in [6.07, 6.45) is 3.52. The van der Waals surface area contributed by atoms with E-state index in [4.69, 9.17) is 0 Å². The van der Waals surface area contributed by atoms with Gasteiger partial charge in [-0.05, 0) is 52.1 Å². The first-order valence-corrected chi connectivity index (χ1v) is 9.34. The van der Waals surface area contributed by atoms with Gasteiger partial charge in [0.05, 0.1) is 0 Å². The molecule has 130 valence electrons. The molecule has 0 bridgehead atoms. The summed E-state index contributed by atoms with van der Waals surface area (Å²) in [5.74, 6) is 0.732. The molecular formula is C18H37N3O. The molecule has 0 aromatic heterocycles. The van der Waals surface area contributed by atoms with Gasteiger partial charge in [0.15, 0.2) is 0 Å². The van der Waals surface area contributed by atoms with Crippen LogP contribution < -0.4 is 0 Å². The van der Waals surface area contributed by atoms with Crippen molar-refractivity contribution in [2.24, 2.45) is 5.92 Å². The Morgan fingerprint density at radius 2 is 1.68 bits per heavy atom. The van der Waals surface area contributed by atoms with E-state index in [2.05, 4.69) is 42.4 Å². The summed E-state index contributed by atoms with van der Waals surface area (Å²) < 4.78 is 0. The maximum Gasteiger partial charge on any atom is 0.0446 e. The first-order valence-electron chi connectivity index (χ1n) is 9.34. The normalized spacial score (nSPS) is 27.1. The van der Waals surface area contributed by atoms with Gasteiger partial charge < -0.3 is 14.9 Å². The number of aliphatic hydroxyl groups is 1. The standard InChI is InChI=1S/C18H37N3O/c1-15(2)13-19-10-11-21(18(14-19)7-12-22)17-5-8-20(9-6-17)16(3)4/h15-18,22H,5-14H2,1-4H3/t18-/m0/s1. The van der Waals surface area contributed by atoms with Gasteiger partial charge in [0, 0.05) is 50.9 Å². The van der Waals surface area contributed by atoms with E-state index in [0.29, 0.717) is 18.7 Å². The Balaban J connectivity index is 1.89. The first kappa shape index (κ1) is 18.2. The number of piperazine rings is 1. The van der Waals surface area contributed by atoms with E-state index in [1.54, 1.807) is 0 Å². The summed E-state index contributed by atoms with van der Waals surface area (Å²) in [7, 11) is 0. The first-order chi connectivity index (χ1) is 10.5. The van der Waals surface area contributed by atoms with Crippen LogP contribution in [0.15, 0.2) is 0 Å². The molecule has 1 atom stereocenters. The van der Waals surface area contributed by atoms with E-state index >= 15 is 0 Å². The van der Waals surface area contributed by atoms with Gasteiger partial charge in [0.25, 0.3) is 0 Å². The number of nitrogens with zero attached hydrogens (tertiary/aromatic N) is 3. The molecule has 2 aliphatic heterocycles. The van der Waals surface area contributed by atoms with Gasteiger partial charge in [0.2, 0.25) is 0 Å². The van der Waals surface area contributed by atoms with Gasteiger partial charge in [-0.2, -0.15) is 0 Å². The molecule has 2 rings (SSSR count). The van der Waals surface area contributed by atoms with Gasteiger partial charge in [-0.1, -0.05) is 13.8 Å². The Bertz CT molecular complexity index is 313. The van der Waals surface area contributed by atoms with Crippen molar-refractivity contribution in [1.82, 2.24) is 14.7 Å². The highest BCUT2D eigenvalue weighted by Crippen LogP contribution is 2.24. The minimum absolute atomic E-state index is 0.321. The molecule has 2 heterocycles. The van der Waals surface area contributed by atoms with Crippen molar-refractivity contribution in [1.29, 1.82) is 0 Å². The lowest BCUT2D eigenvalue weighted by Crippen LogP contribution is -2.59. The average molecular weight is 312 g/mol. The van der Waals surface area contributed by atoms with E-state index in [-0.39, 0.29) is 0 Å². The summed E-state index contributed by atoms with van der Waals surface area (Å²) in [5, 5.41) is 9.46. The third-order valence-electron chi connectivity index (χ3n) is 5.40. The average Bonchev–Trinajstić information content (AvgIpc) is 2.47. The second kappa shape index (κ2) is 8.62. The summed E-state index contributed by atoms with van der Waals surface area (Å²) in [5.41, 5.74) is 0. The molecule has 22 heavy (non-hydrogen) atoms. The van der Waals surface area contributed by atoms with Crippen LogP contribution in [0.2, 0.25) is 0 Å². The Kier molecular flexibility index (Phi) is 7.13. The van der Waals surface area contributed by atoms with Crippen LogP contribution in [-0.4, -0.2) is 83.8 Å². The quantitative estimate of drug-likeness (QED) is 0.811. The number of piperidine rings is 1. The second-order valence-electron chi connectivity index (χ2n) is 7.92. The van der Waals surface area contributed by atoms with Gasteiger partial charge in [-0.25, -0.2) is 0 Å². The van der Waals surface area contributed by atoms with Crippen LogP contribution in [0.5, 0.6) is 0 Å². The topological polar surface area (TPSA) is 30.0 Å². The predicted molar refractivity (Wildman–Crippen MR) is 93.2 cm³/mol. The van der Waals surface area contributed by atoms with Gasteiger partial charge in [0.1, 0.15) is 0 Å². The number of hydrogen-bond acceptors (Lipinski definition) is 4. The molecule has 0 amide bonds. The summed E-state index contributed by atoms with van der Waals surface area (Å²) in [6.45, 7) is 16.7. The Morgan fingerprint density at radius 1 is 1.00 bits per heavy atom. The molecule has 0 unspecified atom stereocenters. The lowest BCUT2D eigenvalue weighted by atomic mass is 9.97. The fourth-order valence-electron chi connectivity index (χ4n) is 4.24. The van der Waals surface area contributed by atoms with E-state index in [1.165, 1.54) is 45.6 Å². The van der Waals surface area contributed by atoms with Crippen molar-refractivity contribution < 1.29 is 5.11 Å². The molecule has 0 aliphatic carbocycles. The zero-order chi connectivity index (χ0) is 16.1. The molecule has 2 aliphatic rings. The van der Waals surface area contributed by atoms with Crippen LogP contribution in [-0.2, 0) is 0 Å². The molecule has 0 spiro atoms. The highest BCUT2D eigenvalue weighted by Gasteiger charge is 2.33. The third-order valence-corrected chi connectivity index (χ3v) is 5.40. The van der Waals surface area contributed by atoms with Crippen LogP contribution >= 0.6 is 0 Å². The second-order valence-corrected chi connectivity index (χ2v) is 7.92. The predicted octanol–water partition coefficient (Wildman–Crippen LogP) is 1.88. The molecule has 0 aromatic rings. The Morgan fingerprint density at radius 3 is 2.23 bits per heavy atom. The zero-order valence-electron chi connectivity index (χ0n) is 15.2. The number of rotatable bonds is 6. The molecule has 0 saturated carbocycles. The molecule has 2 fully saturated rings. The van der Waals surface area contributed by atoms with Gasteiger partial charge >= 0.3 is 0 Å². The van der Waals surface area contributed by atoms with Crippen molar-refractivity contribution in [2.45, 2.75) is 65.1 Å². The summed E-state index contributed by atoms with van der Waals surface area (Å²) >= 11 is 0. The third kappa shape index (κ3) is 4.92. The Labute approximate surface area is 137 Å². The smallest absolute Gasteiger partial charge is 0.0446 e. The van der Waals surface area contributed by atoms with Crippen LogP contribution in [0.3, 0.4) is 0 Å². The number of likely N-dealkylation sites (tertiary alicyclic amines) is 1. The van der Waals surface area contributed by atoms with Crippen LogP contribution in [0.1, 0.15) is 47.0 Å². The van der Waals surface area contributed by atoms with Crippen LogP contribution in [0, 0.1) is 5.92 Å². The van der Waals surface area contributed by atoms with E-state index in [0.717, 1.165) is 24.9 Å². The van der Waals surface area contributed by atoms with E-state index < -0.39 is 0 Å². The van der Waals surface area contributed by atoms with E-state index in [9.17, 15) is 5.11 Å². The number of aliphatic hydroxyl groups excluding tert-OH is 1. The fraction of sp³-hybridized carbons (Fsp3) is 1.00. The van der Waals surface area contributed by atoms with Crippen LogP contribution in [0.25, 0.3) is 0 Å². The molecule has 4 heteroatoms. The maximum atomic E-state index is 9.46.